The Balaban J connectivity index is 2.19. The van der Waals surface area contributed by atoms with Crippen LogP contribution in [0.4, 0.5) is 0 Å². The maximum absolute atomic E-state index is 10.9. The van der Waals surface area contributed by atoms with E-state index < -0.39 is 12.0 Å². The number of hydrogen-bond acceptors (Lipinski definition) is 5. The number of benzene rings is 1. The van der Waals surface area contributed by atoms with Gasteiger partial charge in [-0.2, -0.15) is 0 Å². The number of carboxylic acids is 1. The lowest BCUT2D eigenvalue weighted by atomic mass is 10.1. The molecule has 2 atom stereocenters. The zero-order chi connectivity index (χ0) is 14.5. The van der Waals surface area contributed by atoms with Crippen LogP contribution in [0.1, 0.15) is 24.4 Å². The average Bonchev–Trinajstić information content (AvgIpc) is 2.47. The molecule has 0 bridgehead atoms. The van der Waals surface area contributed by atoms with E-state index in [2.05, 4.69) is 0 Å². The lowest BCUT2D eigenvalue weighted by Gasteiger charge is -2.24. The molecule has 3 N–H and O–H groups in total. The van der Waals surface area contributed by atoms with Gasteiger partial charge in [-0.15, -0.1) is 0 Å². The van der Waals surface area contributed by atoms with Crippen molar-refractivity contribution in [2.24, 2.45) is 5.73 Å². The van der Waals surface area contributed by atoms with Crippen LogP contribution in [-0.2, 0) is 9.53 Å². The molecule has 6 nitrogen and oxygen atoms in total. The highest BCUT2D eigenvalue weighted by molar-refractivity contribution is 5.75. The van der Waals surface area contributed by atoms with E-state index >= 15 is 0 Å². The van der Waals surface area contributed by atoms with E-state index in [1.807, 2.05) is 0 Å². The quantitative estimate of drug-likeness (QED) is 0.846. The first-order valence-corrected chi connectivity index (χ1v) is 6.52. The third-order valence-corrected chi connectivity index (χ3v) is 3.23. The Morgan fingerprint density at radius 1 is 1.50 bits per heavy atom. The van der Waals surface area contributed by atoms with Crippen LogP contribution in [0.25, 0.3) is 0 Å². The van der Waals surface area contributed by atoms with Crippen molar-refractivity contribution in [2.45, 2.75) is 25.0 Å². The summed E-state index contributed by atoms with van der Waals surface area (Å²) in [4.78, 5) is 10.9. The first-order valence-electron chi connectivity index (χ1n) is 6.52. The highest BCUT2D eigenvalue weighted by Gasteiger charge is 2.20. The summed E-state index contributed by atoms with van der Waals surface area (Å²) in [7, 11) is 1.54. The number of carboxylic acid groups (broad SMARTS) is 1. The summed E-state index contributed by atoms with van der Waals surface area (Å²) in [5.41, 5.74) is 6.09. The van der Waals surface area contributed by atoms with Crippen LogP contribution in [0.15, 0.2) is 18.2 Å². The topological polar surface area (TPSA) is 91.0 Å². The van der Waals surface area contributed by atoms with Gasteiger partial charge in [0.15, 0.2) is 11.5 Å². The van der Waals surface area contributed by atoms with Crippen molar-refractivity contribution in [3.8, 4) is 11.5 Å². The minimum Gasteiger partial charge on any atom is -0.493 e. The molecule has 2 rings (SSSR count). The molecular weight excluding hydrogens is 262 g/mol. The van der Waals surface area contributed by atoms with E-state index in [4.69, 9.17) is 25.1 Å². The van der Waals surface area contributed by atoms with Crippen molar-refractivity contribution in [2.75, 3.05) is 20.3 Å². The van der Waals surface area contributed by atoms with E-state index in [9.17, 15) is 4.79 Å². The average molecular weight is 281 g/mol. The Morgan fingerprint density at radius 2 is 2.30 bits per heavy atom. The summed E-state index contributed by atoms with van der Waals surface area (Å²) in [6.07, 6.45) is 1.80. The molecule has 0 saturated carbocycles. The van der Waals surface area contributed by atoms with Gasteiger partial charge >= 0.3 is 5.97 Å². The van der Waals surface area contributed by atoms with Crippen LogP contribution in [-0.4, -0.2) is 37.5 Å². The van der Waals surface area contributed by atoms with Gasteiger partial charge in [0.05, 0.1) is 13.7 Å². The van der Waals surface area contributed by atoms with Crippen molar-refractivity contribution in [1.29, 1.82) is 0 Å². The van der Waals surface area contributed by atoms with E-state index in [0.29, 0.717) is 23.7 Å². The number of methoxy groups -OCH3 is 1. The van der Waals surface area contributed by atoms with Gasteiger partial charge in [-0.3, -0.25) is 4.79 Å². The molecule has 1 fully saturated rings. The molecule has 1 aromatic rings. The first-order chi connectivity index (χ1) is 9.61. The summed E-state index contributed by atoms with van der Waals surface area (Å²) in [5, 5.41) is 8.96. The van der Waals surface area contributed by atoms with Crippen LogP contribution in [0.5, 0.6) is 11.5 Å². The van der Waals surface area contributed by atoms with Crippen molar-refractivity contribution < 1.29 is 24.1 Å². The Labute approximate surface area is 117 Å². The second-order valence-electron chi connectivity index (χ2n) is 4.68. The molecule has 20 heavy (non-hydrogen) atoms. The van der Waals surface area contributed by atoms with Crippen LogP contribution in [0, 0.1) is 0 Å². The third-order valence-electron chi connectivity index (χ3n) is 3.23. The fraction of sp³-hybridized carbons (Fsp3) is 0.500. The van der Waals surface area contributed by atoms with Gasteiger partial charge in [0.1, 0.15) is 12.1 Å². The monoisotopic (exact) mass is 281 g/mol. The van der Waals surface area contributed by atoms with Crippen LogP contribution in [0.3, 0.4) is 0 Å². The maximum Gasteiger partial charge on any atom is 0.325 e. The van der Waals surface area contributed by atoms with E-state index in [0.717, 1.165) is 19.4 Å². The predicted molar refractivity (Wildman–Crippen MR) is 72.0 cm³/mol. The number of rotatable bonds is 5. The third kappa shape index (κ3) is 3.40. The molecule has 110 valence electrons. The molecular formula is C14H19NO5. The number of ether oxygens (including phenoxy) is 3. The Kier molecular flexibility index (Phi) is 4.81. The van der Waals surface area contributed by atoms with Gasteiger partial charge in [-0.1, -0.05) is 6.07 Å². The zero-order valence-electron chi connectivity index (χ0n) is 11.4. The molecule has 2 unspecified atom stereocenters. The molecule has 1 aliphatic heterocycles. The fourth-order valence-electron chi connectivity index (χ4n) is 2.11. The largest absolute Gasteiger partial charge is 0.493 e. The minimum absolute atomic E-state index is 0.0473. The standard InChI is InChI=1S/C14H19NO5/c1-18-11-5-4-9(13(15)14(16)17)7-12(11)20-10-3-2-6-19-8-10/h4-5,7,10,13H,2-3,6,8,15H2,1H3,(H,16,17). The smallest absolute Gasteiger partial charge is 0.325 e. The van der Waals surface area contributed by atoms with Crippen molar-refractivity contribution in [3.05, 3.63) is 23.8 Å². The number of carbonyl (C=O) groups is 1. The SMILES string of the molecule is COc1ccc(C(N)C(=O)O)cc1OC1CCCOC1. The molecule has 1 aromatic carbocycles. The molecule has 0 aliphatic carbocycles. The van der Waals surface area contributed by atoms with Gasteiger partial charge in [-0.05, 0) is 30.5 Å². The molecule has 6 heteroatoms. The van der Waals surface area contributed by atoms with Gasteiger partial charge in [0.25, 0.3) is 0 Å². The van der Waals surface area contributed by atoms with Crippen molar-refractivity contribution >= 4 is 5.97 Å². The highest BCUT2D eigenvalue weighted by atomic mass is 16.5. The Morgan fingerprint density at radius 3 is 2.90 bits per heavy atom. The summed E-state index contributed by atoms with van der Waals surface area (Å²) in [5.74, 6) is -0.0313. The van der Waals surface area contributed by atoms with E-state index in [-0.39, 0.29) is 6.10 Å². The molecule has 0 spiro atoms. The predicted octanol–water partition coefficient (Wildman–Crippen LogP) is 1.34. The fourth-order valence-corrected chi connectivity index (χ4v) is 2.11. The summed E-state index contributed by atoms with van der Waals surface area (Å²) >= 11 is 0. The van der Waals surface area contributed by atoms with Crippen molar-refractivity contribution in [3.63, 3.8) is 0 Å². The Hall–Kier alpha value is -1.79. The van der Waals surface area contributed by atoms with Gasteiger partial charge in [-0.25, -0.2) is 0 Å². The van der Waals surface area contributed by atoms with Crippen molar-refractivity contribution in [1.82, 2.24) is 0 Å². The lowest BCUT2D eigenvalue weighted by Crippen LogP contribution is -2.28. The summed E-state index contributed by atoms with van der Waals surface area (Å²) in [6, 6.07) is 3.83. The van der Waals surface area contributed by atoms with Gasteiger partial charge in [0.2, 0.25) is 0 Å². The minimum atomic E-state index is -1.08. The van der Waals surface area contributed by atoms with E-state index in [1.165, 1.54) is 7.11 Å². The number of nitrogens with two attached hydrogens (primary N) is 1. The number of hydrogen-bond donors (Lipinski definition) is 2. The lowest BCUT2D eigenvalue weighted by molar-refractivity contribution is -0.138. The summed E-state index contributed by atoms with van der Waals surface area (Å²) in [6.45, 7) is 1.28. The zero-order valence-corrected chi connectivity index (χ0v) is 11.4. The molecule has 1 saturated heterocycles. The van der Waals surface area contributed by atoms with E-state index in [1.54, 1.807) is 18.2 Å². The van der Waals surface area contributed by atoms with Gasteiger partial charge in [0, 0.05) is 6.61 Å². The molecule has 0 radical (unpaired) electrons. The Bertz CT molecular complexity index is 471. The maximum atomic E-state index is 10.9. The van der Waals surface area contributed by atoms with Crippen LogP contribution in [0.2, 0.25) is 0 Å². The number of aliphatic carboxylic acids is 1. The molecule has 0 aromatic heterocycles. The second kappa shape index (κ2) is 6.58. The normalized spacial score (nSPS) is 20.2. The molecule has 0 amide bonds. The first kappa shape index (κ1) is 14.6. The second-order valence-corrected chi connectivity index (χ2v) is 4.68. The van der Waals surface area contributed by atoms with Crippen LogP contribution < -0.4 is 15.2 Å². The summed E-state index contributed by atoms with van der Waals surface area (Å²) < 4.78 is 16.4. The molecule has 1 aliphatic rings. The van der Waals surface area contributed by atoms with Crippen LogP contribution >= 0.6 is 0 Å². The highest BCUT2D eigenvalue weighted by Crippen LogP contribution is 2.31. The molecule has 1 heterocycles. The van der Waals surface area contributed by atoms with Gasteiger partial charge < -0.3 is 25.1 Å².